The molecular weight excluding hydrogens is 369 g/mol. The van der Waals surface area contributed by atoms with Crippen LogP contribution in [0.5, 0.6) is 0 Å². The number of rotatable bonds is 7. The zero-order chi connectivity index (χ0) is 20.0. The highest BCUT2D eigenvalue weighted by Gasteiger charge is 2.30. The van der Waals surface area contributed by atoms with Crippen molar-refractivity contribution in [2.24, 2.45) is 0 Å². The molecule has 0 fully saturated rings. The van der Waals surface area contributed by atoms with Gasteiger partial charge in [0.25, 0.3) is 0 Å². The Morgan fingerprint density at radius 2 is 1.75 bits per heavy atom. The summed E-state index contributed by atoms with van der Waals surface area (Å²) in [6.07, 6.45) is -4.42. The highest BCUT2D eigenvalue weighted by Crippen LogP contribution is 2.31. The molecule has 3 rings (SSSR count). The summed E-state index contributed by atoms with van der Waals surface area (Å²) in [7, 11) is 1.59. The quantitative estimate of drug-likeness (QED) is 0.560. The monoisotopic (exact) mass is 388 g/mol. The third kappa shape index (κ3) is 5.20. The van der Waals surface area contributed by atoms with E-state index < -0.39 is 11.7 Å². The molecule has 0 aliphatic carbocycles. The lowest BCUT2D eigenvalue weighted by atomic mass is 10.1. The van der Waals surface area contributed by atoms with E-state index in [1.54, 1.807) is 13.2 Å². The Morgan fingerprint density at radius 1 is 0.964 bits per heavy atom. The van der Waals surface area contributed by atoms with Gasteiger partial charge in [-0.15, -0.1) is 0 Å². The lowest BCUT2D eigenvalue weighted by molar-refractivity contribution is -0.137. The van der Waals surface area contributed by atoms with Gasteiger partial charge in [-0.05, 0) is 18.2 Å². The molecule has 2 aromatic carbocycles. The Balaban J connectivity index is 1.92. The SMILES string of the molecule is COCCNc1cc(-c2ccccc2)nc(Nc2cccc(C(F)(F)F)c2)n1. The van der Waals surface area contributed by atoms with E-state index in [2.05, 4.69) is 20.6 Å². The Kier molecular flexibility index (Phi) is 6.10. The minimum Gasteiger partial charge on any atom is -0.383 e. The average Bonchev–Trinajstić information content (AvgIpc) is 2.68. The fourth-order valence-corrected chi connectivity index (χ4v) is 2.53. The Hall–Kier alpha value is -3.13. The van der Waals surface area contributed by atoms with Crippen molar-refractivity contribution in [3.8, 4) is 11.3 Å². The number of hydrogen-bond acceptors (Lipinski definition) is 5. The molecule has 3 aromatic rings. The summed E-state index contributed by atoms with van der Waals surface area (Å²) in [4.78, 5) is 8.79. The van der Waals surface area contributed by atoms with E-state index in [1.165, 1.54) is 12.1 Å². The number of benzene rings is 2. The summed E-state index contributed by atoms with van der Waals surface area (Å²) in [6, 6.07) is 16.2. The van der Waals surface area contributed by atoms with Crippen LogP contribution in [0.3, 0.4) is 0 Å². The van der Waals surface area contributed by atoms with Crippen molar-refractivity contribution in [2.75, 3.05) is 30.9 Å². The van der Waals surface area contributed by atoms with Gasteiger partial charge in [-0.1, -0.05) is 36.4 Å². The molecule has 0 aliphatic rings. The molecule has 8 heteroatoms. The van der Waals surface area contributed by atoms with E-state index in [9.17, 15) is 13.2 Å². The second-order valence-corrected chi connectivity index (χ2v) is 5.95. The number of halogens is 3. The molecule has 0 amide bonds. The number of nitrogens with zero attached hydrogens (tertiary/aromatic N) is 2. The van der Waals surface area contributed by atoms with Crippen molar-refractivity contribution in [3.63, 3.8) is 0 Å². The van der Waals surface area contributed by atoms with Gasteiger partial charge < -0.3 is 15.4 Å². The largest absolute Gasteiger partial charge is 0.416 e. The van der Waals surface area contributed by atoms with Crippen LogP contribution in [0, 0.1) is 0 Å². The molecule has 146 valence electrons. The Labute approximate surface area is 160 Å². The van der Waals surface area contributed by atoms with Crippen molar-refractivity contribution in [2.45, 2.75) is 6.18 Å². The Bertz CT molecular complexity index is 917. The van der Waals surface area contributed by atoms with E-state index in [0.29, 0.717) is 24.7 Å². The molecule has 2 N–H and O–H groups in total. The summed E-state index contributed by atoms with van der Waals surface area (Å²) in [6.45, 7) is 1.02. The van der Waals surface area contributed by atoms with Gasteiger partial charge >= 0.3 is 6.18 Å². The average molecular weight is 388 g/mol. The van der Waals surface area contributed by atoms with Gasteiger partial charge in [0.15, 0.2) is 0 Å². The van der Waals surface area contributed by atoms with Crippen molar-refractivity contribution in [1.29, 1.82) is 0 Å². The molecule has 0 atom stereocenters. The number of hydrogen-bond donors (Lipinski definition) is 2. The van der Waals surface area contributed by atoms with Crippen LogP contribution < -0.4 is 10.6 Å². The first kappa shape index (κ1) is 19.6. The van der Waals surface area contributed by atoms with Crippen molar-refractivity contribution >= 4 is 17.5 Å². The van der Waals surface area contributed by atoms with Gasteiger partial charge in [0.05, 0.1) is 17.9 Å². The van der Waals surface area contributed by atoms with Gasteiger partial charge in [-0.25, -0.2) is 4.98 Å². The molecule has 0 spiro atoms. The zero-order valence-corrected chi connectivity index (χ0v) is 15.1. The normalized spacial score (nSPS) is 11.3. The van der Waals surface area contributed by atoms with Crippen molar-refractivity contribution in [1.82, 2.24) is 9.97 Å². The van der Waals surface area contributed by atoms with Gasteiger partial charge in [0, 0.05) is 31.0 Å². The summed E-state index contributed by atoms with van der Waals surface area (Å²) < 4.78 is 43.9. The lowest BCUT2D eigenvalue weighted by Gasteiger charge is -2.13. The van der Waals surface area contributed by atoms with Crippen LogP contribution in [0.15, 0.2) is 60.7 Å². The predicted molar refractivity (Wildman–Crippen MR) is 103 cm³/mol. The topological polar surface area (TPSA) is 59.1 Å². The molecule has 1 heterocycles. The lowest BCUT2D eigenvalue weighted by Crippen LogP contribution is -2.10. The summed E-state index contributed by atoms with van der Waals surface area (Å²) in [5.41, 5.74) is 1.02. The van der Waals surface area contributed by atoms with Crippen LogP contribution in [0.2, 0.25) is 0 Å². The van der Waals surface area contributed by atoms with Crippen LogP contribution in [0.4, 0.5) is 30.6 Å². The summed E-state index contributed by atoms with van der Waals surface area (Å²) >= 11 is 0. The smallest absolute Gasteiger partial charge is 0.383 e. The first-order chi connectivity index (χ1) is 13.5. The number of aromatic nitrogens is 2. The predicted octanol–water partition coefficient (Wildman–Crippen LogP) is 4.96. The molecule has 0 saturated heterocycles. The number of methoxy groups -OCH3 is 1. The van der Waals surface area contributed by atoms with E-state index >= 15 is 0 Å². The summed E-state index contributed by atoms with van der Waals surface area (Å²) in [5, 5.41) is 5.99. The summed E-state index contributed by atoms with van der Waals surface area (Å²) in [5.74, 6) is 0.737. The fraction of sp³-hybridized carbons (Fsp3) is 0.200. The van der Waals surface area contributed by atoms with E-state index in [-0.39, 0.29) is 11.6 Å². The molecule has 5 nitrogen and oxygen atoms in total. The van der Waals surface area contributed by atoms with E-state index in [1.807, 2.05) is 30.3 Å². The third-order valence-corrected chi connectivity index (χ3v) is 3.85. The first-order valence-electron chi connectivity index (χ1n) is 8.57. The van der Waals surface area contributed by atoms with Crippen molar-refractivity contribution in [3.05, 3.63) is 66.2 Å². The molecule has 1 aromatic heterocycles. The zero-order valence-electron chi connectivity index (χ0n) is 15.1. The van der Waals surface area contributed by atoms with Crippen molar-refractivity contribution < 1.29 is 17.9 Å². The molecule has 0 radical (unpaired) electrons. The highest BCUT2D eigenvalue weighted by atomic mass is 19.4. The van der Waals surface area contributed by atoms with Crippen LogP contribution in [-0.4, -0.2) is 30.2 Å². The third-order valence-electron chi connectivity index (χ3n) is 3.85. The minimum absolute atomic E-state index is 0.195. The number of alkyl halides is 3. The van der Waals surface area contributed by atoms with Gasteiger partial charge in [0.2, 0.25) is 5.95 Å². The number of ether oxygens (including phenoxy) is 1. The van der Waals surface area contributed by atoms with E-state index in [4.69, 9.17) is 4.74 Å². The Morgan fingerprint density at radius 3 is 2.46 bits per heavy atom. The second-order valence-electron chi connectivity index (χ2n) is 5.95. The fourth-order valence-electron chi connectivity index (χ4n) is 2.53. The molecule has 0 bridgehead atoms. The maximum Gasteiger partial charge on any atom is 0.416 e. The van der Waals surface area contributed by atoms with Gasteiger partial charge in [-0.3, -0.25) is 0 Å². The second kappa shape index (κ2) is 8.71. The molecule has 28 heavy (non-hydrogen) atoms. The van der Waals surface area contributed by atoms with Crippen LogP contribution in [0.25, 0.3) is 11.3 Å². The maximum atomic E-state index is 12.9. The van der Waals surface area contributed by atoms with E-state index in [0.717, 1.165) is 17.7 Å². The molecular formula is C20H19F3N4O. The number of nitrogens with one attached hydrogen (secondary N) is 2. The minimum atomic E-state index is -4.42. The van der Waals surface area contributed by atoms with Crippen LogP contribution >= 0.6 is 0 Å². The van der Waals surface area contributed by atoms with Gasteiger partial charge in [-0.2, -0.15) is 18.2 Å². The highest BCUT2D eigenvalue weighted by molar-refractivity contribution is 5.66. The maximum absolute atomic E-state index is 12.9. The number of anilines is 3. The van der Waals surface area contributed by atoms with Gasteiger partial charge in [0.1, 0.15) is 5.82 Å². The molecule has 0 aliphatic heterocycles. The molecule has 0 unspecified atom stereocenters. The standard InChI is InChI=1S/C20H19F3N4O/c1-28-11-10-24-18-13-17(14-6-3-2-4-7-14)26-19(27-18)25-16-9-5-8-15(12-16)20(21,22)23/h2-9,12-13H,10-11H2,1H3,(H2,24,25,26,27). The molecule has 0 saturated carbocycles. The van der Waals surface area contributed by atoms with Crippen LogP contribution in [-0.2, 0) is 10.9 Å². The van der Waals surface area contributed by atoms with Crippen LogP contribution in [0.1, 0.15) is 5.56 Å². The first-order valence-corrected chi connectivity index (χ1v) is 8.57.